The zero-order valence-electron chi connectivity index (χ0n) is 17.8. The molecule has 1 aliphatic heterocycles. The number of likely N-dealkylation sites (N-methyl/N-ethyl adjacent to an activating group) is 1. The molecule has 2 N–H and O–H groups in total. The predicted molar refractivity (Wildman–Crippen MR) is 114 cm³/mol. The van der Waals surface area contributed by atoms with E-state index in [2.05, 4.69) is 22.9 Å². The van der Waals surface area contributed by atoms with Crippen molar-refractivity contribution in [3.05, 3.63) is 65.2 Å². The minimum absolute atomic E-state index is 0.0648. The van der Waals surface area contributed by atoms with Crippen LogP contribution < -0.4 is 15.5 Å². The number of methoxy groups -OCH3 is 1. The van der Waals surface area contributed by atoms with Gasteiger partial charge < -0.3 is 10.1 Å². The summed E-state index contributed by atoms with van der Waals surface area (Å²) in [5, 5.41) is 3.45. The van der Waals surface area contributed by atoms with E-state index < -0.39 is 23.4 Å². The normalized spacial score (nSPS) is 22.5. The second kappa shape index (κ2) is 8.03. The number of ether oxygens (including phenoxy) is 1. The van der Waals surface area contributed by atoms with Crippen molar-refractivity contribution in [2.75, 3.05) is 20.7 Å². The lowest BCUT2D eigenvalue weighted by Gasteiger charge is -2.26. The number of nitrogens with zero attached hydrogens (tertiary/aromatic N) is 2. The van der Waals surface area contributed by atoms with E-state index >= 15 is 0 Å². The lowest BCUT2D eigenvalue weighted by molar-refractivity contribution is -0.139. The number of nitrogens with one attached hydrogen (secondary N) is 2. The molecule has 162 valence electrons. The first-order valence-electron chi connectivity index (χ1n) is 10.2. The first-order chi connectivity index (χ1) is 14.8. The average molecular weight is 422 g/mol. The van der Waals surface area contributed by atoms with E-state index in [-0.39, 0.29) is 12.6 Å². The molecular formula is C23H26N4O4. The van der Waals surface area contributed by atoms with Crippen LogP contribution in [0, 0.1) is 0 Å². The van der Waals surface area contributed by atoms with E-state index in [1.807, 2.05) is 24.1 Å². The summed E-state index contributed by atoms with van der Waals surface area (Å²) in [6, 6.07) is 14.5. The van der Waals surface area contributed by atoms with Crippen molar-refractivity contribution in [1.82, 2.24) is 20.7 Å². The van der Waals surface area contributed by atoms with Crippen molar-refractivity contribution in [3.8, 4) is 5.75 Å². The van der Waals surface area contributed by atoms with Crippen LogP contribution in [0.15, 0.2) is 48.5 Å². The van der Waals surface area contributed by atoms with Crippen molar-refractivity contribution < 1.29 is 19.1 Å². The molecule has 0 bridgehead atoms. The molecule has 4 amide bonds. The Hall–Kier alpha value is -3.39. The highest BCUT2D eigenvalue weighted by Crippen LogP contribution is 2.34. The summed E-state index contributed by atoms with van der Waals surface area (Å²) >= 11 is 0. The number of fused-ring (bicyclic) bond motifs is 1. The van der Waals surface area contributed by atoms with Gasteiger partial charge in [-0.3, -0.25) is 19.9 Å². The lowest BCUT2D eigenvalue weighted by Crippen LogP contribution is -2.50. The average Bonchev–Trinajstić information content (AvgIpc) is 3.29. The smallest absolute Gasteiger partial charge is 0.344 e. The zero-order valence-corrected chi connectivity index (χ0v) is 17.8. The molecule has 0 spiro atoms. The van der Waals surface area contributed by atoms with Gasteiger partial charge in [-0.05, 0) is 55.6 Å². The van der Waals surface area contributed by atoms with Gasteiger partial charge in [0.2, 0.25) is 0 Å². The number of aryl methyl sites for hydroxylation is 1. The summed E-state index contributed by atoms with van der Waals surface area (Å²) in [6.07, 6.45) is 1.90. The van der Waals surface area contributed by atoms with Gasteiger partial charge in [0.05, 0.1) is 13.7 Å². The molecule has 0 radical (unpaired) electrons. The van der Waals surface area contributed by atoms with E-state index in [4.69, 9.17) is 4.74 Å². The molecule has 2 aromatic rings. The van der Waals surface area contributed by atoms with Gasteiger partial charge in [0.1, 0.15) is 11.3 Å². The molecule has 2 unspecified atom stereocenters. The number of carbonyl (C=O) groups excluding carboxylic acids is 3. The van der Waals surface area contributed by atoms with Crippen LogP contribution in [0.25, 0.3) is 0 Å². The van der Waals surface area contributed by atoms with Gasteiger partial charge >= 0.3 is 6.03 Å². The summed E-state index contributed by atoms with van der Waals surface area (Å²) in [6.45, 7) is 1.68. The number of benzene rings is 2. The van der Waals surface area contributed by atoms with Gasteiger partial charge in [0, 0.05) is 6.04 Å². The first-order valence-corrected chi connectivity index (χ1v) is 10.2. The maximum Gasteiger partial charge on any atom is 0.344 e. The summed E-state index contributed by atoms with van der Waals surface area (Å²) in [5.74, 6) is -0.315. The van der Waals surface area contributed by atoms with Crippen molar-refractivity contribution in [2.24, 2.45) is 0 Å². The van der Waals surface area contributed by atoms with Gasteiger partial charge in [0.15, 0.2) is 0 Å². The summed E-state index contributed by atoms with van der Waals surface area (Å²) in [4.78, 5) is 40.1. The predicted octanol–water partition coefficient (Wildman–Crippen LogP) is 2.11. The Morgan fingerprint density at radius 1 is 1.23 bits per heavy atom. The molecule has 8 heteroatoms. The minimum Gasteiger partial charge on any atom is -0.497 e. The second-order valence-corrected chi connectivity index (χ2v) is 8.13. The lowest BCUT2D eigenvalue weighted by atomic mass is 9.92. The molecular weight excluding hydrogens is 396 g/mol. The van der Waals surface area contributed by atoms with E-state index in [1.165, 1.54) is 11.1 Å². The highest BCUT2D eigenvalue weighted by molar-refractivity contribution is 6.08. The zero-order chi connectivity index (χ0) is 22.2. The third-order valence-corrected chi connectivity index (χ3v) is 6.12. The number of hydrazine groups is 1. The molecule has 2 atom stereocenters. The molecule has 0 aromatic heterocycles. The fourth-order valence-electron chi connectivity index (χ4n) is 4.35. The maximum absolute atomic E-state index is 13.0. The first kappa shape index (κ1) is 20.9. The molecule has 31 heavy (non-hydrogen) atoms. The highest BCUT2D eigenvalue weighted by Gasteiger charge is 2.50. The molecule has 2 aromatic carbocycles. The van der Waals surface area contributed by atoms with Crippen LogP contribution in [0.2, 0.25) is 0 Å². The van der Waals surface area contributed by atoms with Gasteiger partial charge in [0.25, 0.3) is 11.8 Å². The molecule has 8 nitrogen and oxygen atoms in total. The number of imide groups is 1. The number of hydrogen-bond donors (Lipinski definition) is 2. The Balaban J connectivity index is 1.42. The van der Waals surface area contributed by atoms with Gasteiger partial charge in [-0.15, -0.1) is 0 Å². The van der Waals surface area contributed by atoms with Gasteiger partial charge in [-0.25, -0.2) is 4.79 Å². The maximum atomic E-state index is 13.0. The highest BCUT2D eigenvalue weighted by atomic mass is 16.5. The SMILES string of the molecule is COc1ccc(C2(C)NC(=O)N(NC(=O)CN(C)C3CCc4ccccc43)C2=O)cc1. The molecule has 1 aliphatic carbocycles. The van der Waals surface area contributed by atoms with Gasteiger partial charge in [-0.2, -0.15) is 5.01 Å². The molecule has 1 saturated heterocycles. The second-order valence-electron chi connectivity index (χ2n) is 8.13. The van der Waals surface area contributed by atoms with Crippen LogP contribution in [0.3, 0.4) is 0 Å². The Bertz CT molecular complexity index is 1020. The Labute approximate surface area is 181 Å². The largest absolute Gasteiger partial charge is 0.497 e. The number of amides is 4. The summed E-state index contributed by atoms with van der Waals surface area (Å²) in [5.41, 5.74) is 4.32. The third-order valence-electron chi connectivity index (χ3n) is 6.12. The van der Waals surface area contributed by atoms with Gasteiger partial charge in [-0.1, -0.05) is 36.4 Å². The van der Waals surface area contributed by atoms with Crippen LogP contribution in [0.4, 0.5) is 4.79 Å². The molecule has 2 aliphatic rings. The van der Waals surface area contributed by atoms with Crippen LogP contribution in [-0.4, -0.2) is 48.5 Å². The van der Waals surface area contributed by atoms with Crippen LogP contribution in [0.5, 0.6) is 5.75 Å². The minimum atomic E-state index is -1.27. The fraction of sp³-hybridized carbons (Fsp3) is 0.348. The molecule has 0 saturated carbocycles. The molecule has 4 rings (SSSR count). The fourth-order valence-corrected chi connectivity index (χ4v) is 4.35. The van der Waals surface area contributed by atoms with Crippen molar-refractivity contribution in [3.63, 3.8) is 0 Å². The van der Waals surface area contributed by atoms with E-state index in [9.17, 15) is 14.4 Å². The van der Waals surface area contributed by atoms with Crippen LogP contribution in [0.1, 0.15) is 36.1 Å². The van der Waals surface area contributed by atoms with Crippen molar-refractivity contribution >= 4 is 17.8 Å². The van der Waals surface area contributed by atoms with Crippen LogP contribution in [-0.2, 0) is 21.5 Å². The monoisotopic (exact) mass is 422 g/mol. The Morgan fingerprint density at radius 2 is 1.94 bits per heavy atom. The topological polar surface area (TPSA) is 91.0 Å². The number of rotatable bonds is 6. The van der Waals surface area contributed by atoms with E-state index in [1.54, 1.807) is 38.3 Å². The van der Waals surface area contributed by atoms with Crippen molar-refractivity contribution in [1.29, 1.82) is 0 Å². The van der Waals surface area contributed by atoms with Crippen molar-refractivity contribution in [2.45, 2.75) is 31.3 Å². The number of urea groups is 1. The van der Waals surface area contributed by atoms with E-state index in [0.29, 0.717) is 11.3 Å². The number of hydrogen-bond acceptors (Lipinski definition) is 5. The number of carbonyl (C=O) groups is 3. The third kappa shape index (κ3) is 3.74. The quantitative estimate of drug-likeness (QED) is 0.696. The summed E-state index contributed by atoms with van der Waals surface area (Å²) in [7, 11) is 3.43. The Kier molecular flexibility index (Phi) is 5.41. The van der Waals surface area contributed by atoms with Crippen LogP contribution >= 0.6 is 0 Å². The summed E-state index contributed by atoms with van der Waals surface area (Å²) < 4.78 is 5.14. The standard InChI is InChI=1S/C23H26N4O4/c1-23(16-9-11-17(31-3)12-10-16)21(29)27(22(30)24-23)25-20(28)14-26(2)19-13-8-15-6-4-5-7-18(15)19/h4-7,9-12,19H,8,13-14H2,1-3H3,(H,24,30)(H,25,28). The molecule has 1 fully saturated rings. The Morgan fingerprint density at radius 3 is 2.65 bits per heavy atom. The van der Waals surface area contributed by atoms with E-state index in [0.717, 1.165) is 17.9 Å². The molecule has 1 heterocycles.